The maximum absolute atomic E-state index is 13.9. The Kier molecular flexibility index (Phi) is 14.2. The third kappa shape index (κ3) is 10.8. The summed E-state index contributed by atoms with van der Waals surface area (Å²) >= 11 is 1.48. The summed E-state index contributed by atoms with van der Waals surface area (Å²) in [5, 5.41) is 8.99. The van der Waals surface area contributed by atoms with Crippen LogP contribution in [0.15, 0.2) is 47.4 Å². The molecule has 9 heteroatoms. The van der Waals surface area contributed by atoms with Crippen molar-refractivity contribution in [3.63, 3.8) is 0 Å². The molecule has 0 bridgehead atoms. The number of likely N-dealkylation sites (N-methyl/N-ethyl adjacent to an activating group) is 2. The van der Waals surface area contributed by atoms with Crippen molar-refractivity contribution in [2.45, 2.75) is 111 Å². The van der Waals surface area contributed by atoms with E-state index in [1.54, 1.807) is 0 Å². The second kappa shape index (κ2) is 17.6. The lowest BCUT2D eigenvalue weighted by Crippen LogP contribution is -2.57. The molecule has 5 atom stereocenters. The molecule has 1 unspecified atom stereocenters. The first-order valence-corrected chi connectivity index (χ1v) is 17.5. The fraction of sp³-hybridized carbons (Fsp3) is 0.611. The Morgan fingerprint density at radius 2 is 1.82 bits per heavy atom. The fourth-order valence-electron chi connectivity index (χ4n) is 6.16. The van der Waals surface area contributed by atoms with Crippen LogP contribution < -0.4 is 10.6 Å². The van der Waals surface area contributed by atoms with E-state index in [9.17, 15) is 14.4 Å². The van der Waals surface area contributed by atoms with Crippen molar-refractivity contribution in [1.82, 2.24) is 25.4 Å². The van der Waals surface area contributed by atoms with Crippen molar-refractivity contribution < 1.29 is 14.4 Å². The number of benzene rings is 1. The van der Waals surface area contributed by atoms with Crippen LogP contribution in [0.25, 0.3) is 0 Å². The van der Waals surface area contributed by atoms with Gasteiger partial charge in [-0.3, -0.25) is 19.3 Å². The number of piperidine rings is 1. The van der Waals surface area contributed by atoms with Gasteiger partial charge in [0.25, 0.3) is 5.91 Å². The lowest BCUT2D eigenvalue weighted by molar-refractivity contribution is -0.140. The number of thiazole rings is 1. The zero-order chi connectivity index (χ0) is 33.1. The van der Waals surface area contributed by atoms with Gasteiger partial charge in [0.15, 0.2) is 0 Å². The number of amides is 3. The van der Waals surface area contributed by atoms with Gasteiger partial charge in [-0.15, -0.1) is 11.3 Å². The van der Waals surface area contributed by atoms with Crippen molar-refractivity contribution in [3.05, 3.63) is 63.6 Å². The number of aromatic nitrogens is 1. The Hall–Kier alpha value is -3.04. The number of carbonyl (C=O) groups is 3. The topological polar surface area (TPSA) is 94.6 Å². The molecule has 1 aromatic heterocycles. The molecule has 248 valence electrons. The normalized spacial score (nSPS) is 18.0. The molecular weight excluding hydrogens is 582 g/mol. The van der Waals surface area contributed by atoms with E-state index in [1.165, 1.54) is 11.3 Å². The Morgan fingerprint density at radius 1 is 1.11 bits per heavy atom. The average molecular weight is 638 g/mol. The van der Waals surface area contributed by atoms with Gasteiger partial charge < -0.3 is 15.5 Å². The molecule has 0 saturated carbocycles. The molecule has 0 radical (unpaired) electrons. The number of allylic oxidation sites excluding steroid dienone is 1. The first-order chi connectivity index (χ1) is 21.4. The number of nitrogens with one attached hydrogen (secondary N) is 2. The van der Waals surface area contributed by atoms with Gasteiger partial charge >= 0.3 is 0 Å². The standard InChI is InChI=1S/C36H55N5O3S/c1-9-26(6)33(39-35(43)31-17-13-14-20-40(31)7)36(44)41(8)30(25(4)5)18-19-32-38-29(23-45-32)34(42)37-28(21-24(2)3)22-27-15-11-10-12-16-27/h10-12,15-16,21,23,25-26,28,30-31,33H,9,13-14,17-20,22H2,1-8H3,(H,37,42)(H,39,43)/t26?,28-,30-,31-,33+/m1/s1. The van der Waals surface area contributed by atoms with Crippen molar-refractivity contribution in [3.8, 4) is 0 Å². The maximum Gasteiger partial charge on any atom is 0.271 e. The van der Waals surface area contributed by atoms with Gasteiger partial charge in [-0.25, -0.2) is 4.98 Å². The molecule has 1 saturated heterocycles. The highest BCUT2D eigenvalue weighted by Crippen LogP contribution is 2.22. The van der Waals surface area contributed by atoms with Crippen molar-refractivity contribution in [2.75, 3.05) is 20.6 Å². The van der Waals surface area contributed by atoms with Crippen LogP contribution in [0.1, 0.15) is 94.7 Å². The molecule has 8 nitrogen and oxygen atoms in total. The van der Waals surface area contributed by atoms with E-state index in [0.717, 1.165) is 54.8 Å². The summed E-state index contributed by atoms with van der Waals surface area (Å²) < 4.78 is 0. The summed E-state index contributed by atoms with van der Waals surface area (Å²) in [6.45, 7) is 13.3. The highest BCUT2D eigenvalue weighted by Gasteiger charge is 2.35. The minimum atomic E-state index is -0.566. The molecule has 45 heavy (non-hydrogen) atoms. The lowest BCUT2D eigenvalue weighted by atomic mass is 9.93. The van der Waals surface area contributed by atoms with Crippen LogP contribution in [-0.4, -0.2) is 77.3 Å². The smallest absolute Gasteiger partial charge is 0.271 e. The lowest BCUT2D eigenvalue weighted by Gasteiger charge is -2.37. The van der Waals surface area contributed by atoms with E-state index < -0.39 is 6.04 Å². The molecule has 2 heterocycles. The minimum Gasteiger partial charge on any atom is -0.344 e. The first-order valence-electron chi connectivity index (χ1n) is 16.6. The van der Waals surface area contributed by atoms with Gasteiger partial charge in [0.2, 0.25) is 11.8 Å². The third-order valence-corrected chi connectivity index (χ3v) is 9.96. The number of nitrogens with zero attached hydrogens (tertiary/aromatic N) is 3. The van der Waals surface area contributed by atoms with E-state index in [2.05, 4.69) is 59.5 Å². The third-order valence-electron chi connectivity index (χ3n) is 9.05. The molecule has 3 amide bonds. The summed E-state index contributed by atoms with van der Waals surface area (Å²) in [7, 11) is 3.85. The van der Waals surface area contributed by atoms with Crippen molar-refractivity contribution in [1.29, 1.82) is 0 Å². The van der Waals surface area contributed by atoms with Crippen LogP contribution >= 0.6 is 11.3 Å². The van der Waals surface area contributed by atoms with E-state index in [0.29, 0.717) is 18.5 Å². The van der Waals surface area contributed by atoms with Gasteiger partial charge in [-0.05, 0) is 70.5 Å². The van der Waals surface area contributed by atoms with Crippen LogP contribution in [0.5, 0.6) is 0 Å². The predicted molar refractivity (Wildman–Crippen MR) is 184 cm³/mol. The monoisotopic (exact) mass is 637 g/mol. The Balaban J connectivity index is 1.65. The molecule has 0 spiro atoms. The molecule has 0 aliphatic carbocycles. The van der Waals surface area contributed by atoms with E-state index in [1.807, 2.05) is 63.3 Å². The Labute approximate surface area is 275 Å². The summed E-state index contributed by atoms with van der Waals surface area (Å²) in [5.41, 5.74) is 2.73. The SMILES string of the molecule is CCC(C)[C@H](NC(=O)[C@H]1CCCCN1C)C(=O)N(C)[C@H](CCc1nc(C(=O)N[C@H](C=C(C)C)Cc2ccccc2)cs1)C(C)C. The molecule has 1 aliphatic rings. The minimum absolute atomic E-state index is 0.0164. The number of likely N-dealkylation sites (tertiary alicyclic amines) is 1. The van der Waals surface area contributed by atoms with Crippen LogP contribution in [0.2, 0.25) is 0 Å². The van der Waals surface area contributed by atoms with Gasteiger partial charge in [-0.1, -0.05) is 82.5 Å². The zero-order valence-corrected chi connectivity index (χ0v) is 29.5. The number of hydrogen-bond acceptors (Lipinski definition) is 6. The Bertz CT molecular complexity index is 1270. The van der Waals surface area contributed by atoms with E-state index in [4.69, 9.17) is 0 Å². The van der Waals surface area contributed by atoms with E-state index in [-0.39, 0.29) is 47.7 Å². The van der Waals surface area contributed by atoms with Crippen LogP contribution in [0.4, 0.5) is 0 Å². The highest BCUT2D eigenvalue weighted by atomic mass is 32.1. The predicted octanol–water partition coefficient (Wildman–Crippen LogP) is 5.88. The van der Waals surface area contributed by atoms with Gasteiger partial charge in [0.1, 0.15) is 11.7 Å². The number of carbonyl (C=O) groups excluding carboxylic acids is 3. The first kappa shape index (κ1) is 36.4. The molecule has 3 rings (SSSR count). The van der Waals surface area contributed by atoms with Gasteiger partial charge in [0, 0.05) is 24.9 Å². The number of rotatable bonds is 15. The summed E-state index contributed by atoms with van der Waals surface area (Å²) in [6.07, 6.45) is 7.92. The summed E-state index contributed by atoms with van der Waals surface area (Å²) in [4.78, 5) is 49.0. The van der Waals surface area contributed by atoms with E-state index >= 15 is 0 Å². The molecule has 1 fully saturated rings. The number of aryl methyl sites for hydroxylation is 1. The number of hydrogen-bond donors (Lipinski definition) is 2. The van der Waals surface area contributed by atoms with Gasteiger partial charge in [0.05, 0.1) is 17.1 Å². The molecule has 1 aliphatic heterocycles. The van der Waals surface area contributed by atoms with Crippen molar-refractivity contribution in [2.24, 2.45) is 11.8 Å². The quantitative estimate of drug-likeness (QED) is 0.238. The molecular formula is C36H55N5O3S. The highest BCUT2D eigenvalue weighted by molar-refractivity contribution is 7.09. The zero-order valence-electron chi connectivity index (χ0n) is 28.6. The van der Waals surface area contributed by atoms with Crippen LogP contribution in [-0.2, 0) is 22.4 Å². The fourth-order valence-corrected chi connectivity index (χ4v) is 6.96. The Morgan fingerprint density at radius 3 is 2.44 bits per heavy atom. The average Bonchev–Trinajstić information content (AvgIpc) is 3.48. The van der Waals surface area contributed by atoms with Gasteiger partial charge in [-0.2, -0.15) is 0 Å². The van der Waals surface area contributed by atoms with Crippen LogP contribution in [0, 0.1) is 11.8 Å². The summed E-state index contributed by atoms with van der Waals surface area (Å²) in [6, 6.07) is 9.24. The maximum atomic E-state index is 13.9. The molecule has 1 aromatic carbocycles. The molecule has 2 N–H and O–H groups in total. The second-order valence-electron chi connectivity index (χ2n) is 13.3. The largest absolute Gasteiger partial charge is 0.344 e. The molecule has 2 aromatic rings. The second-order valence-corrected chi connectivity index (χ2v) is 14.2. The van der Waals surface area contributed by atoms with Crippen molar-refractivity contribution >= 4 is 29.1 Å². The van der Waals surface area contributed by atoms with Crippen LogP contribution in [0.3, 0.4) is 0 Å². The summed E-state index contributed by atoms with van der Waals surface area (Å²) in [5.74, 6) is -0.0447.